The zero-order valence-electron chi connectivity index (χ0n) is 49.0. The maximum absolute atomic E-state index is 12.9. The van der Waals surface area contributed by atoms with E-state index in [1.807, 2.05) is 0 Å². The van der Waals surface area contributed by atoms with Gasteiger partial charge >= 0.3 is 17.9 Å². The van der Waals surface area contributed by atoms with Gasteiger partial charge in [0.05, 0.1) is 0 Å². The molecular formula is C66H126O6. The monoisotopic (exact) mass is 1010 g/mol. The molecule has 0 aliphatic rings. The molecule has 0 radical (unpaired) electrons. The molecule has 0 saturated carbocycles. The molecule has 72 heavy (non-hydrogen) atoms. The Hall–Kier alpha value is -1.85. The Morgan fingerprint density at radius 3 is 0.694 bits per heavy atom. The Bertz CT molecular complexity index is 1120. The zero-order chi connectivity index (χ0) is 52.2. The van der Waals surface area contributed by atoms with Crippen LogP contribution in [0.15, 0.2) is 12.2 Å². The van der Waals surface area contributed by atoms with E-state index in [2.05, 4.69) is 32.9 Å². The molecule has 0 spiro atoms. The van der Waals surface area contributed by atoms with Crippen LogP contribution in [0.2, 0.25) is 0 Å². The van der Waals surface area contributed by atoms with Crippen LogP contribution in [0.5, 0.6) is 0 Å². The Labute approximate surface area is 450 Å². The van der Waals surface area contributed by atoms with Gasteiger partial charge in [-0.1, -0.05) is 322 Å². The molecule has 0 aliphatic heterocycles. The number of allylic oxidation sites excluding steroid dienone is 2. The van der Waals surface area contributed by atoms with Gasteiger partial charge in [-0.2, -0.15) is 0 Å². The van der Waals surface area contributed by atoms with Gasteiger partial charge in [0.25, 0.3) is 0 Å². The van der Waals surface area contributed by atoms with E-state index in [4.69, 9.17) is 14.2 Å². The van der Waals surface area contributed by atoms with E-state index in [1.54, 1.807) is 0 Å². The zero-order valence-corrected chi connectivity index (χ0v) is 49.0. The highest BCUT2D eigenvalue weighted by molar-refractivity contribution is 5.71. The number of carbonyl (C=O) groups is 3. The second-order valence-electron chi connectivity index (χ2n) is 22.4. The maximum Gasteiger partial charge on any atom is 0.306 e. The highest BCUT2D eigenvalue weighted by Gasteiger charge is 2.19. The van der Waals surface area contributed by atoms with Crippen LogP contribution in [-0.2, 0) is 28.6 Å². The van der Waals surface area contributed by atoms with Gasteiger partial charge in [-0.3, -0.25) is 14.4 Å². The Morgan fingerprint density at radius 1 is 0.264 bits per heavy atom. The van der Waals surface area contributed by atoms with E-state index in [1.165, 1.54) is 276 Å². The molecule has 1 unspecified atom stereocenters. The van der Waals surface area contributed by atoms with Crippen molar-refractivity contribution in [2.24, 2.45) is 0 Å². The van der Waals surface area contributed by atoms with Gasteiger partial charge in [0.15, 0.2) is 6.10 Å². The minimum absolute atomic E-state index is 0.0634. The quantitative estimate of drug-likeness (QED) is 0.0261. The second kappa shape index (κ2) is 61.7. The minimum atomic E-state index is -0.763. The number of rotatable bonds is 61. The molecule has 0 rings (SSSR count). The van der Waals surface area contributed by atoms with Crippen LogP contribution in [-0.4, -0.2) is 37.2 Å². The van der Waals surface area contributed by atoms with Crippen molar-refractivity contribution >= 4 is 17.9 Å². The molecule has 1 atom stereocenters. The molecule has 0 N–H and O–H groups in total. The SMILES string of the molecule is CCCCCCCCCC/C=C\CCCCCCCCCCCCCCCCCC(=O)OCC(COC(=O)CCCCCCCCCC)OC(=O)CCCCCCCCCCCCCCCCCCCCC. The lowest BCUT2D eigenvalue weighted by Crippen LogP contribution is -2.30. The summed E-state index contributed by atoms with van der Waals surface area (Å²) in [4.78, 5) is 38.1. The number of ether oxygens (including phenoxy) is 3. The van der Waals surface area contributed by atoms with Gasteiger partial charge in [-0.05, 0) is 44.9 Å². The molecule has 0 aromatic carbocycles. The number of hydrogen-bond acceptors (Lipinski definition) is 6. The van der Waals surface area contributed by atoms with E-state index in [0.29, 0.717) is 19.3 Å². The first-order valence-corrected chi connectivity index (χ1v) is 32.7. The second-order valence-corrected chi connectivity index (χ2v) is 22.4. The van der Waals surface area contributed by atoms with Gasteiger partial charge in [0.1, 0.15) is 13.2 Å². The molecule has 0 fully saturated rings. The van der Waals surface area contributed by atoms with E-state index < -0.39 is 6.10 Å². The summed E-state index contributed by atoms with van der Waals surface area (Å²) in [5.74, 6) is -0.839. The summed E-state index contributed by atoms with van der Waals surface area (Å²) in [6.45, 7) is 6.68. The fraction of sp³-hybridized carbons (Fsp3) is 0.924. The summed E-state index contributed by atoms with van der Waals surface area (Å²) in [5, 5.41) is 0. The van der Waals surface area contributed by atoms with Crippen LogP contribution < -0.4 is 0 Å². The van der Waals surface area contributed by atoms with Crippen molar-refractivity contribution in [1.82, 2.24) is 0 Å². The first-order chi connectivity index (χ1) is 35.5. The van der Waals surface area contributed by atoms with Crippen LogP contribution in [0.25, 0.3) is 0 Å². The number of esters is 3. The van der Waals surface area contributed by atoms with Crippen molar-refractivity contribution in [1.29, 1.82) is 0 Å². The molecule has 426 valence electrons. The van der Waals surface area contributed by atoms with Crippen molar-refractivity contribution in [2.45, 2.75) is 380 Å². The van der Waals surface area contributed by atoms with Crippen LogP contribution in [0.3, 0.4) is 0 Å². The molecule has 0 bridgehead atoms. The highest BCUT2D eigenvalue weighted by Crippen LogP contribution is 2.18. The van der Waals surface area contributed by atoms with Crippen molar-refractivity contribution in [3.63, 3.8) is 0 Å². The lowest BCUT2D eigenvalue weighted by atomic mass is 10.0. The average Bonchev–Trinajstić information content (AvgIpc) is 3.38. The van der Waals surface area contributed by atoms with E-state index in [0.717, 1.165) is 57.8 Å². The molecule has 0 saturated heterocycles. The van der Waals surface area contributed by atoms with Gasteiger partial charge in [-0.25, -0.2) is 0 Å². The predicted molar refractivity (Wildman–Crippen MR) is 312 cm³/mol. The number of carbonyl (C=O) groups excluding carboxylic acids is 3. The molecular weight excluding hydrogens is 889 g/mol. The summed E-state index contributed by atoms with van der Waals surface area (Å²) in [7, 11) is 0. The summed E-state index contributed by atoms with van der Waals surface area (Å²) >= 11 is 0. The summed E-state index contributed by atoms with van der Waals surface area (Å²) < 4.78 is 16.9. The Morgan fingerprint density at radius 2 is 0.458 bits per heavy atom. The lowest BCUT2D eigenvalue weighted by Gasteiger charge is -2.18. The van der Waals surface area contributed by atoms with Crippen molar-refractivity contribution in [3.05, 3.63) is 12.2 Å². The van der Waals surface area contributed by atoms with Gasteiger partial charge in [0, 0.05) is 19.3 Å². The molecule has 0 aromatic heterocycles. The third-order valence-corrected chi connectivity index (χ3v) is 15.0. The molecule has 6 nitrogen and oxygen atoms in total. The van der Waals surface area contributed by atoms with Gasteiger partial charge in [0.2, 0.25) is 0 Å². The molecule has 6 heteroatoms. The Balaban J connectivity index is 4.07. The van der Waals surface area contributed by atoms with Gasteiger partial charge in [-0.15, -0.1) is 0 Å². The first-order valence-electron chi connectivity index (χ1n) is 32.7. The maximum atomic E-state index is 12.9. The summed E-state index contributed by atoms with van der Waals surface area (Å²) in [6.07, 6.45) is 72.5. The summed E-state index contributed by atoms with van der Waals surface area (Å²) in [6, 6.07) is 0. The van der Waals surface area contributed by atoms with E-state index >= 15 is 0 Å². The fourth-order valence-corrected chi connectivity index (χ4v) is 10.1. The largest absolute Gasteiger partial charge is 0.462 e. The third kappa shape index (κ3) is 59.0. The molecule has 0 amide bonds. The average molecular weight is 1020 g/mol. The first kappa shape index (κ1) is 70.1. The molecule has 0 heterocycles. The van der Waals surface area contributed by atoms with Crippen LogP contribution in [0, 0.1) is 0 Å². The highest BCUT2D eigenvalue weighted by atomic mass is 16.6. The number of unbranched alkanes of at least 4 members (excludes halogenated alkanes) is 48. The van der Waals surface area contributed by atoms with Crippen LogP contribution >= 0.6 is 0 Å². The third-order valence-electron chi connectivity index (χ3n) is 15.0. The molecule has 0 aliphatic carbocycles. The van der Waals surface area contributed by atoms with Crippen LogP contribution in [0.1, 0.15) is 374 Å². The molecule has 0 aromatic rings. The normalized spacial score (nSPS) is 12.0. The fourth-order valence-electron chi connectivity index (χ4n) is 10.1. The topological polar surface area (TPSA) is 78.9 Å². The van der Waals surface area contributed by atoms with Crippen LogP contribution in [0.4, 0.5) is 0 Å². The van der Waals surface area contributed by atoms with E-state index in [-0.39, 0.29) is 31.1 Å². The predicted octanol–water partition coefficient (Wildman–Crippen LogP) is 22.1. The van der Waals surface area contributed by atoms with E-state index in [9.17, 15) is 14.4 Å². The smallest absolute Gasteiger partial charge is 0.306 e. The van der Waals surface area contributed by atoms with Gasteiger partial charge < -0.3 is 14.2 Å². The summed E-state index contributed by atoms with van der Waals surface area (Å²) in [5.41, 5.74) is 0. The number of hydrogen-bond donors (Lipinski definition) is 0. The Kier molecular flexibility index (Phi) is 60.1. The lowest BCUT2D eigenvalue weighted by molar-refractivity contribution is -0.167. The standard InChI is InChI=1S/C66H126O6/c1-4-7-10-13-16-19-21-23-25-27-29-30-31-32-33-34-35-36-38-39-41-43-45-47-50-53-56-59-65(68)71-62-63(61-70-64(67)58-55-52-49-18-15-12-9-6-3)72-66(69)60-57-54-51-48-46-44-42-40-37-28-26-24-22-20-17-14-11-8-5-2/h27,29,63H,4-26,28,30-62H2,1-3H3/b29-27-. The van der Waals surface area contributed by atoms with Crippen molar-refractivity contribution < 1.29 is 28.6 Å². The van der Waals surface area contributed by atoms with Crippen molar-refractivity contribution in [3.8, 4) is 0 Å². The minimum Gasteiger partial charge on any atom is -0.462 e. The van der Waals surface area contributed by atoms with Crippen molar-refractivity contribution in [2.75, 3.05) is 13.2 Å².